The Morgan fingerprint density at radius 1 is 1.28 bits per heavy atom. The molecule has 1 heterocycles. The molecule has 5 heteroatoms. The Morgan fingerprint density at radius 3 is 2.76 bits per heavy atom. The summed E-state index contributed by atoms with van der Waals surface area (Å²) >= 11 is 0. The maximum atomic E-state index is 13.8. The van der Waals surface area contributed by atoms with Crippen molar-refractivity contribution in [2.75, 3.05) is 11.4 Å². The van der Waals surface area contributed by atoms with Gasteiger partial charge in [-0.2, -0.15) is 0 Å². The Morgan fingerprint density at radius 2 is 2.04 bits per heavy atom. The summed E-state index contributed by atoms with van der Waals surface area (Å²) in [7, 11) is 0. The molecule has 1 aliphatic rings. The molecule has 132 valence electrons. The minimum Gasteiger partial charge on any atom is -0.489 e. The minimum atomic E-state index is -0.767. The molecule has 2 aromatic carbocycles. The number of halogens is 1. The van der Waals surface area contributed by atoms with E-state index in [4.69, 9.17) is 9.84 Å². The van der Waals surface area contributed by atoms with Crippen LogP contribution in [0.2, 0.25) is 0 Å². The van der Waals surface area contributed by atoms with E-state index in [1.807, 2.05) is 31.2 Å². The summed E-state index contributed by atoms with van der Waals surface area (Å²) in [5, 5.41) is 9.03. The third-order valence-electron chi connectivity index (χ3n) is 4.55. The number of anilines is 1. The molecule has 0 saturated carbocycles. The third kappa shape index (κ3) is 4.29. The number of rotatable bonds is 6. The second kappa shape index (κ2) is 7.55. The van der Waals surface area contributed by atoms with Gasteiger partial charge in [-0.1, -0.05) is 11.6 Å². The average Bonchev–Trinajstić information content (AvgIpc) is 3.03. The molecule has 0 spiro atoms. The number of hydrogen-bond donors (Lipinski definition) is 1. The highest BCUT2D eigenvalue weighted by Crippen LogP contribution is 2.29. The van der Waals surface area contributed by atoms with Crippen molar-refractivity contribution >= 4 is 11.7 Å². The zero-order valence-corrected chi connectivity index (χ0v) is 14.2. The Labute approximate surface area is 146 Å². The maximum absolute atomic E-state index is 13.8. The molecular weight excluding hydrogens is 321 g/mol. The van der Waals surface area contributed by atoms with Crippen molar-refractivity contribution in [3.05, 3.63) is 59.4 Å². The van der Waals surface area contributed by atoms with E-state index < -0.39 is 5.97 Å². The third-order valence-corrected chi connectivity index (χ3v) is 4.55. The molecule has 0 radical (unpaired) electrons. The van der Waals surface area contributed by atoms with Crippen molar-refractivity contribution in [1.29, 1.82) is 0 Å². The lowest BCUT2D eigenvalue weighted by Crippen LogP contribution is -2.31. The molecule has 0 aliphatic carbocycles. The van der Waals surface area contributed by atoms with Gasteiger partial charge in [-0.15, -0.1) is 0 Å². The lowest BCUT2D eigenvalue weighted by Gasteiger charge is -2.25. The highest BCUT2D eigenvalue weighted by molar-refractivity contribution is 5.69. The number of carbonyl (C=O) groups is 1. The smallest absolute Gasteiger partial charge is 0.305 e. The fraction of sp³-hybridized carbons (Fsp3) is 0.350. The van der Waals surface area contributed by atoms with Crippen molar-refractivity contribution in [3.8, 4) is 5.75 Å². The van der Waals surface area contributed by atoms with E-state index in [1.54, 1.807) is 12.1 Å². The first-order valence-corrected chi connectivity index (χ1v) is 8.49. The summed E-state index contributed by atoms with van der Waals surface area (Å²) in [6.07, 6.45) is 2.06. The average molecular weight is 343 g/mol. The van der Waals surface area contributed by atoms with Gasteiger partial charge in [-0.05, 0) is 56.2 Å². The van der Waals surface area contributed by atoms with Crippen molar-refractivity contribution in [2.24, 2.45) is 0 Å². The van der Waals surface area contributed by atoms with Crippen LogP contribution in [0.5, 0.6) is 5.75 Å². The van der Waals surface area contributed by atoms with Crippen molar-refractivity contribution in [2.45, 2.75) is 38.8 Å². The van der Waals surface area contributed by atoms with Crippen LogP contribution in [-0.4, -0.2) is 23.7 Å². The molecule has 1 fully saturated rings. The SMILES string of the molecule is Cc1ccc(F)c(COc2ccc(N3CCCC3CC(=O)O)cc2)c1. The molecule has 1 N–H and O–H groups in total. The second-order valence-electron chi connectivity index (χ2n) is 6.46. The van der Waals surface area contributed by atoms with Crippen LogP contribution in [0.1, 0.15) is 30.4 Å². The first-order chi connectivity index (χ1) is 12.0. The zero-order chi connectivity index (χ0) is 17.8. The molecule has 25 heavy (non-hydrogen) atoms. The van der Waals surface area contributed by atoms with Crippen LogP contribution in [0.25, 0.3) is 0 Å². The molecule has 2 aromatic rings. The predicted molar refractivity (Wildman–Crippen MR) is 94.5 cm³/mol. The number of ether oxygens (including phenoxy) is 1. The van der Waals surface area contributed by atoms with Crippen LogP contribution in [0.4, 0.5) is 10.1 Å². The summed E-state index contributed by atoms with van der Waals surface area (Å²) in [6.45, 7) is 2.96. The summed E-state index contributed by atoms with van der Waals surface area (Å²) in [6, 6.07) is 12.6. The molecule has 1 saturated heterocycles. The van der Waals surface area contributed by atoms with Crippen molar-refractivity contribution in [3.63, 3.8) is 0 Å². The highest BCUT2D eigenvalue weighted by Gasteiger charge is 2.26. The lowest BCUT2D eigenvalue weighted by molar-refractivity contribution is -0.137. The predicted octanol–water partition coefficient (Wildman–Crippen LogP) is 4.16. The first-order valence-electron chi connectivity index (χ1n) is 8.49. The van der Waals surface area contributed by atoms with E-state index in [-0.39, 0.29) is 24.9 Å². The normalized spacial score (nSPS) is 16.9. The molecule has 0 aromatic heterocycles. The summed E-state index contributed by atoms with van der Waals surface area (Å²) in [5.41, 5.74) is 2.52. The Balaban J connectivity index is 1.64. The Bertz CT molecular complexity index is 745. The van der Waals surface area contributed by atoms with Crippen LogP contribution in [0.3, 0.4) is 0 Å². The molecule has 1 aliphatic heterocycles. The van der Waals surface area contributed by atoms with Gasteiger partial charge in [0.05, 0.1) is 6.42 Å². The van der Waals surface area contributed by atoms with E-state index in [0.717, 1.165) is 30.6 Å². The molecule has 0 bridgehead atoms. The molecular formula is C20H22FNO3. The topological polar surface area (TPSA) is 49.8 Å². The van der Waals surface area contributed by atoms with Gasteiger partial charge in [0.1, 0.15) is 18.2 Å². The quantitative estimate of drug-likeness (QED) is 0.856. The van der Waals surface area contributed by atoms with Crippen molar-refractivity contribution in [1.82, 2.24) is 0 Å². The zero-order valence-electron chi connectivity index (χ0n) is 14.2. The van der Waals surface area contributed by atoms with Crippen LogP contribution in [0.15, 0.2) is 42.5 Å². The van der Waals surface area contributed by atoms with Crippen LogP contribution < -0.4 is 9.64 Å². The van der Waals surface area contributed by atoms with Gasteiger partial charge in [-0.3, -0.25) is 4.79 Å². The number of hydrogen-bond acceptors (Lipinski definition) is 3. The van der Waals surface area contributed by atoms with Gasteiger partial charge in [0.15, 0.2) is 0 Å². The molecule has 1 unspecified atom stereocenters. The van der Waals surface area contributed by atoms with Gasteiger partial charge in [-0.25, -0.2) is 4.39 Å². The number of carboxylic acid groups (broad SMARTS) is 1. The number of aliphatic carboxylic acids is 1. The maximum Gasteiger partial charge on any atom is 0.305 e. The van der Waals surface area contributed by atoms with Gasteiger partial charge in [0.2, 0.25) is 0 Å². The van der Waals surface area contributed by atoms with Crippen LogP contribution >= 0.6 is 0 Å². The standard InChI is InChI=1S/C20H22FNO3/c1-14-4-9-19(21)15(11-14)13-25-18-7-5-16(6-8-18)22-10-2-3-17(22)12-20(23)24/h4-9,11,17H,2-3,10,12-13H2,1H3,(H,23,24). The van der Waals surface area contributed by atoms with Crippen molar-refractivity contribution < 1.29 is 19.0 Å². The number of aryl methyl sites for hydroxylation is 1. The Kier molecular flexibility index (Phi) is 5.22. The monoisotopic (exact) mass is 343 g/mol. The van der Waals surface area contributed by atoms with Gasteiger partial charge < -0.3 is 14.7 Å². The van der Waals surface area contributed by atoms with E-state index in [0.29, 0.717) is 11.3 Å². The molecule has 4 nitrogen and oxygen atoms in total. The molecule has 0 amide bonds. The van der Waals surface area contributed by atoms with E-state index in [2.05, 4.69) is 4.90 Å². The number of carboxylic acids is 1. The fourth-order valence-corrected chi connectivity index (χ4v) is 3.30. The van der Waals surface area contributed by atoms with E-state index in [1.165, 1.54) is 6.07 Å². The van der Waals surface area contributed by atoms with E-state index >= 15 is 0 Å². The Hall–Kier alpha value is -2.56. The first kappa shape index (κ1) is 17.3. The number of benzene rings is 2. The van der Waals surface area contributed by atoms with Crippen LogP contribution in [-0.2, 0) is 11.4 Å². The fourth-order valence-electron chi connectivity index (χ4n) is 3.30. The minimum absolute atomic E-state index is 0.0469. The second-order valence-corrected chi connectivity index (χ2v) is 6.46. The number of nitrogens with zero attached hydrogens (tertiary/aromatic N) is 1. The van der Waals surface area contributed by atoms with Gasteiger partial charge >= 0.3 is 5.97 Å². The van der Waals surface area contributed by atoms with E-state index in [9.17, 15) is 9.18 Å². The highest BCUT2D eigenvalue weighted by atomic mass is 19.1. The van der Waals surface area contributed by atoms with Gasteiger partial charge in [0.25, 0.3) is 0 Å². The lowest BCUT2D eigenvalue weighted by atomic mass is 10.1. The summed E-state index contributed by atoms with van der Waals surface area (Å²) in [5.74, 6) is -0.369. The van der Waals surface area contributed by atoms with Crippen LogP contribution in [0, 0.1) is 12.7 Å². The summed E-state index contributed by atoms with van der Waals surface area (Å²) in [4.78, 5) is 13.1. The summed E-state index contributed by atoms with van der Waals surface area (Å²) < 4.78 is 19.4. The largest absolute Gasteiger partial charge is 0.489 e. The molecule has 3 rings (SSSR count). The molecule has 1 atom stereocenters. The van der Waals surface area contributed by atoms with Gasteiger partial charge in [0, 0.05) is 23.8 Å².